The minimum Gasteiger partial charge on any atom is -0.296 e. The zero-order valence-corrected chi connectivity index (χ0v) is 8.47. The van der Waals surface area contributed by atoms with Crippen LogP contribution in [-0.2, 0) is 4.79 Å². The van der Waals surface area contributed by atoms with E-state index in [0.29, 0.717) is 6.07 Å². The SMILES string of the molecule is CCC(=O)C(F)C(=O)c1ccc(F)cc1F. The van der Waals surface area contributed by atoms with Gasteiger partial charge in [-0.05, 0) is 12.1 Å². The molecule has 0 aromatic heterocycles. The highest BCUT2D eigenvalue weighted by molar-refractivity contribution is 6.13. The van der Waals surface area contributed by atoms with E-state index in [2.05, 4.69) is 0 Å². The first-order chi connectivity index (χ1) is 7.47. The summed E-state index contributed by atoms with van der Waals surface area (Å²) in [7, 11) is 0. The number of Topliss-reactive ketones (excluding diaryl/α,β-unsaturated/α-hetero) is 2. The molecule has 1 unspecified atom stereocenters. The summed E-state index contributed by atoms with van der Waals surface area (Å²) in [4.78, 5) is 22.2. The summed E-state index contributed by atoms with van der Waals surface area (Å²) in [5.74, 6) is -4.24. The molecule has 0 radical (unpaired) electrons. The van der Waals surface area contributed by atoms with E-state index < -0.39 is 34.9 Å². The van der Waals surface area contributed by atoms with Gasteiger partial charge in [0.05, 0.1) is 5.56 Å². The number of halogens is 3. The van der Waals surface area contributed by atoms with Crippen molar-refractivity contribution in [3.63, 3.8) is 0 Å². The average molecular weight is 230 g/mol. The van der Waals surface area contributed by atoms with Crippen molar-refractivity contribution in [3.8, 4) is 0 Å². The Morgan fingerprint density at radius 3 is 2.44 bits per heavy atom. The second-order valence-electron chi connectivity index (χ2n) is 3.17. The highest BCUT2D eigenvalue weighted by Gasteiger charge is 2.27. The quantitative estimate of drug-likeness (QED) is 0.588. The number of carbonyl (C=O) groups is 2. The van der Waals surface area contributed by atoms with Crippen molar-refractivity contribution in [3.05, 3.63) is 35.4 Å². The molecule has 0 fully saturated rings. The second kappa shape index (κ2) is 4.92. The van der Waals surface area contributed by atoms with Gasteiger partial charge in [0.25, 0.3) is 0 Å². The number of ketones is 2. The topological polar surface area (TPSA) is 34.1 Å². The third kappa shape index (κ3) is 2.48. The lowest BCUT2D eigenvalue weighted by atomic mass is 10.0. The Morgan fingerprint density at radius 2 is 1.94 bits per heavy atom. The van der Waals surface area contributed by atoms with Gasteiger partial charge in [0.15, 0.2) is 5.78 Å². The lowest BCUT2D eigenvalue weighted by Gasteiger charge is -2.05. The monoisotopic (exact) mass is 230 g/mol. The summed E-state index contributed by atoms with van der Waals surface area (Å²) < 4.78 is 38.8. The fourth-order valence-electron chi connectivity index (χ4n) is 1.15. The summed E-state index contributed by atoms with van der Waals surface area (Å²) in [5.41, 5.74) is -0.615. The molecule has 5 heteroatoms. The van der Waals surface area contributed by atoms with E-state index in [1.54, 1.807) is 0 Å². The molecule has 1 atom stereocenters. The minimum atomic E-state index is -2.38. The maximum Gasteiger partial charge on any atom is 0.220 e. The Hall–Kier alpha value is -1.65. The first-order valence-electron chi connectivity index (χ1n) is 4.63. The fourth-order valence-corrected chi connectivity index (χ4v) is 1.15. The number of benzene rings is 1. The molecule has 0 heterocycles. The van der Waals surface area contributed by atoms with Crippen molar-refractivity contribution < 1.29 is 22.8 Å². The average Bonchev–Trinajstić information content (AvgIpc) is 2.26. The Balaban J connectivity index is 3.01. The molecule has 0 aliphatic heterocycles. The van der Waals surface area contributed by atoms with Crippen LogP contribution in [0.25, 0.3) is 0 Å². The predicted octanol–water partition coefficient (Wildman–Crippen LogP) is 2.46. The van der Waals surface area contributed by atoms with Crippen molar-refractivity contribution in [2.24, 2.45) is 0 Å². The maximum atomic E-state index is 13.2. The zero-order chi connectivity index (χ0) is 12.3. The smallest absolute Gasteiger partial charge is 0.220 e. The summed E-state index contributed by atoms with van der Waals surface area (Å²) in [6.45, 7) is 1.39. The van der Waals surface area contributed by atoms with Crippen LogP contribution in [0.5, 0.6) is 0 Å². The van der Waals surface area contributed by atoms with Gasteiger partial charge in [-0.2, -0.15) is 0 Å². The van der Waals surface area contributed by atoms with Gasteiger partial charge in [-0.3, -0.25) is 9.59 Å². The number of rotatable bonds is 4. The molecular formula is C11H9F3O2. The Kier molecular flexibility index (Phi) is 3.82. The molecular weight excluding hydrogens is 221 g/mol. The summed E-state index contributed by atoms with van der Waals surface area (Å²) in [6, 6.07) is 2.12. The van der Waals surface area contributed by atoms with E-state index in [1.807, 2.05) is 0 Å². The van der Waals surface area contributed by atoms with Gasteiger partial charge in [-0.25, -0.2) is 13.2 Å². The van der Waals surface area contributed by atoms with Crippen LogP contribution in [0.4, 0.5) is 13.2 Å². The second-order valence-corrected chi connectivity index (χ2v) is 3.17. The molecule has 0 saturated heterocycles. The van der Waals surface area contributed by atoms with Crippen molar-refractivity contribution in [1.29, 1.82) is 0 Å². The van der Waals surface area contributed by atoms with E-state index >= 15 is 0 Å². The molecule has 86 valence electrons. The van der Waals surface area contributed by atoms with Crippen molar-refractivity contribution in [1.82, 2.24) is 0 Å². The number of alkyl halides is 1. The van der Waals surface area contributed by atoms with Gasteiger partial charge in [-0.1, -0.05) is 6.92 Å². The molecule has 0 saturated carbocycles. The summed E-state index contributed by atoms with van der Waals surface area (Å²) in [6.07, 6.45) is -2.54. The number of hydrogen-bond acceptors (Lipinski definition) is 2. The maximum absolute atomic E-state index is 13.2. The van der Waals surface area contributed by atoms with E-state index in [4.69, 9.17) is 0 Å². The molecule has 0 aliphatic rings. The van der Waals surface area contributed by atoms with E-state index in [0.717, 1.165) is 12.1 Å². The van der Waals surface area contributed by atoms with Gasteiger partial charge >= 0.3 is 0 Å². The molecule has 0 amide bonds. The molecule has 0 bridgehead atoms. The lowest BCUT2D eigenvalue weighted by molar-refractivity contribution is -0.121. The van der Waals surface area contributed by atoms with Crippen LogP contribution >= 0.6 is 0 Å². The predicted molar refractivity (Wildman–Crippen MR) is 50.9 cm³/mol. The molecule has 1 rings (SSSR count). The largest absolute Gasteiger partial charge is 0.296 e. The zero-order valence-electron chi connectivity index (χ0n) is 8.47. The molecule has 1 aromatic rings. The molecule has 0 spiro atoms. The van der Waals surface area contributed by atoms with Crippen LogP contribution in [0.1, 0.15) is 23.7 Å². The van der Waals surface area contributed by atoms with Crippen LogP contribution in [0, 0.1) is 11.6 Å². The third-order valence-electron chi connectivity index (χ3n) is 2.06. The number of carbonyl (C=O) groups excluding carboxylic acids is 2. The molecule has 1 aromatic carbocycles. The van der Waals surface area contributed by atoms with Crippen LogP contribution in [0.15, 0.2) is 18.2 Å². The van der Waals surface area contributed by atoms with E-state index in [-0.39, 0.29) is 6.42 Å². The number of hydrogen-bond donors (Lipinski definition) is 0. The van der Waals surface area contributed by atoms with Crippen LogP contribution in [-0.4, -0.2) is 17.7 Å². The van der Waals surface area contributed by atoms with E-state index in [9.17, 15) is 22.8 Å². The van der Waals surface area contributed by atoms with Gasteiger partial charge in [0, 0.05) is 12.5 Å². The van der Waals surface area contributed by atoms with Gasteiger partial charge < -0.3 is 0 Å². The highest BCUT2D eigenvalue weighted by atomic mass is 19.1. The molecule has 0 N–H and O–H groups in total. The van der Waals surface area contributed by atoms with Crippen LogP contribution in [0.3, 0.4) is 0 Å². The Bertz CT molecular complexity index is 429. The lowest BCUT2D eigenvalue weighted by Crippen LogP contribution is -2.26. The standard InChI is InChI=1S/C11H9F3O2/c1-2-9(15)10(14)11(16)7-4-3-6(12)5-8(7)13/h3-5,10H,2H2,1H3. The summed E-state index contributed by atoms with van der Waals surface area (Å²) in [5, 5.41) is 0. The van der Waals surface area contributed by atoms with Gasteiger partial charge in [-0.15, -0.1) is 0 Å². The Labute approximate surface area is 90.1 Å². The minimum absolute atomic E-state index is 0.157. The fraction of sp³-hybridized carbons (Fsp3) is 0.273. The normalized spacial score (nSPS) is 12.2. The van der Waals surface area contributed by atoms with Crippen molar-refractivity contribution in [2.75, 3.05) is 0 Å². The molecule has 0 aliphatic carbocycles. The van der Waals surface area contributed by atoms with E-state index in [1.165, 1.54) is 6.92 Å². The summed E-state index contributed by atoms with van der Waals surface area (Å²) >= 11 is 0. The molecule has 16 heavy (non-hydrogen) atoms. The Morgan fingerprint density at radius 1 is 1.31 bits per heavy atom. The highest BCUT2D eigenvalue weighted by Crippen LogP contribution is 2.14. The first-order valence-corrected chi connectivity index (χ1v) is 4.63. The van der Waals surface area contributed by atoms with Crippen LogP contribution in [0.2, 0.25) is 0 Å². The third-order valence-corrected chi connectivity index (χ3v) is 2.06. The van der Waals surface area contributed by atoms with Gasteiger partial charge in [0.2, 0.25) is 12.0 Å². The van der Waals surface area contributed by atoms with Crippen LogP contribution < -0.4 is 0 Å². The first kappa shape index (κ1) is 12.4. The van der Waals surface area contributed by atoms with Crippen molar-refractivity contribution in [2.45, 2.75) is 19.5 Å². The molecule has 2 nitrogen and oxygen atoms in total. The van der Waals surface area contributed by atoms with Gasteiger partial charge in [0.1, 0.15) is 11.6 Å². The van der Waals surface area contributed by atoms with Crippen molar-refractivity contribution >= 4 is 11.6 Å².